The number of pyridine rings is 1. The van der Waals surface area contributed by atoms with E-state index >= 15 is 0 Å². The minimum absolute atomic E-state index is 0.124. The molecule has 1 aromatic carbocycles. The molecule has 0 radical (unpaired) electrons. The average Bonchev–Trinajstić information content (AvgIpc) is 2.59. The molecule has 7 heteroatoms. The monoisotopic (exact) mass is 384 g/mol. The summed E-state index contributed by atoms with van der Waals surface area (Å²) in [6.45, 7) is 1.13. The summed E-state index contributed by atoms with van der Waals surface area (Å²) < 4.78 is 5.93. The molecule has 0 N–H and O–H groups in total. The number of rotatable bonds is 3. The maximum absolute atomic E-state index is 12.7. The Morgan fingerprint density at radius 3 is 2.83 bits per heavy atom. The number of likely N-dealkylation sites (tertiary alicyclic amines) is 1. The molecule has 2 heterocycles. The van der Waals surface area contributed by atoms with Gasteiger partial charge in [0.15, 0.2) is 0 Å². The Kier molecular flexibility index (Phi) is 5.49. The Bertz CT molecular complexity index is 754. The standard InChI is InChI=1S/C17H15Cl3N2O2/c18-11-3-4-14(19)13(8-11)17(23)22-7-1-2-12(10-22)24-16-5-6-21-9-15(16)20/h3-6,8-9,12H,1-2,7,10H2. The number of piperidine rings is 1. The van der Waals surface area contributed by atoms with Crippen molar-refractivity contribution in [2.45, 2.75) is 18.9 Å². The summed E-state index contributed by atoms with van der Waals surface area (Å²) in [5.74, 6) is 0.434. The molecule has 1 aliphatic heterocycles. The van der Waals surface area contributed by atoms with Crippen molar-refractivity contribution in [3.05, 3.63) is 57.3 Å². The Morgan fingerprint density at radius 2 is 2.04 bits per heavy atom. The molecule has 1 fully saturated rings. The lowest BCUT2D eigenvalue weighted by Gasteiger charge is -2.33. The number of ether oxygens (including phenoxy) is 1. The second kappa shape index (κ2) is 7.60. The van der Waals surface area contributed by atoms with Gasteiger partial charge in [-0.2, -0.15) is 0 Å². The summed E-state index contributed by atoms with van der Waals surface area (Å²) in [6, 6.07) is 6.60. The molecule has 0 spiro atoms. The minimum Gasteiger partial charge on any atom is -0.487 e. The molecular weight excluding hydrogens is 371 g/mol. The second-order valence-electron chi connectivity index (χ2n) is 5.56. The number of aromatic nitrogens is 1. The predicted octanol–water partition coefficient (Wildman–Crippen LogP) is 4.73. The normalized spacial score (nSPS) is 17.6. The molecule has 1 atom stereocenters. The topological polar surface area (TPSA) is 42.4 Å². The number of benzene rings is 1. The van der Waals surface area contributed by atoms with Crippen molar-refractivity contribution in [2.24, 2.45) is 0 Å². The Morgan fingerprint density at radius 1 is 1.21 bits per heavy atom. The van der Waals surface area contributed by atoms with E-state index in [0.717, 1.165) is 12.8 Å². The van der Waals surface area contributed by atoms with E-state index in [4.69, 9.17) is 39.5 Å². The van der Waals surface area contributed by atoms with Crippen LogP contribution in [0, 0.1) is 0 Å². The molecule has 1 amide bonds. The zero-order valence-electron chi connectivity index (χ0n) is 12.7. The summed E-state index contributed by atoms with van der Waals surface area (Å²) in [4.78, 5) is 18.4. The fourth-order valence-electron chi connectivity index (χ4n) is 2.69. The number of carbonyl (C=O) groups is 1. The molecule has 126 valence electrons. The third-order valence-electron chi connectivity index (χ3n) is 3.85. The maximum Gasteiger partial charge on any atom is 0.255 e. The van der Waals surface area contributed by atoms with Gasteiger partial charge in [0.2, 0.25) is 0 Å². The average molecular weight is 386 g/mol. The maximum atomic E-state index is 12.7. The van der Waals surface area contributed by atoms with Gasteiger partial charge in [0.1, 0.15) is 16.9 Å². The minimum atomic E-state index is -0.142. The third-order valence-corrected chi connectivity index (χ3v) is 4.70. The molecule has 1 unspecified atom stereocenters. The second-order valence-corrected chi connectivity index (χ2v) is 6.81. The van der Waals surface area contributed by atoms with Crippen LogP contribution in [0.2, 0.25) is 15.1 Å². The van der Waals surface area contributed by atoms with Crippen LogP contribution in [-0.4, -0.2) is 35.0 Å². The summed E-state index contributed by atoms with van der Waals surface area (Å²) >= 11 is 18.2. The Hall–Kier alpha value is -1.49. The van der Waals surface area contributed by atoms with Gasteiger partial charge in [-0.1, -0.05) is 34.8 Å². The van der Waals surface area contributed by atoms with Crippen LogP contribution in [0.1, 0.15) is 23.2 Å². The predicted molar refractivity (Wildman–Crippen MR) is 95.3 cm³/mol. The van der Waals surface area contributed by atoms with E-state index in [2.05, 4.69) is 4.98 Å². The van der Waals surface area contributed by atoms with E-state index in [1.807, 2.05) is 0 Å². The highest BCUT2D eigenvalue weighted by Gasteiger charge is 2.27. The van der Waals surface area contributed by atoms with Gasteiger partial charge in [-0.05, 0) is 31.0 Å². The Labute approximate surface area is 155 Å². The first-order valence-corrected chi connectivity index (χ1v) is 8.68. The first kappa shape index (κ1) is 17.3. The molecule has 4 nitrogen and oxygen atoms in total. The van der Waals surface area contributed by atoms with Crippen LogP contribution in [0.4, 0.5) is 0 Å². The fourth-order valence-corrected chi connectivity index (χ4v) is 3.22. The number of carbonyl (C=O) groups excluding carboxylic acids is 1. The zero-order chi connectivity index (χ0) is 17.1. The molecule has 0 bridgehead atoms. The number of nitrogens with zero attached hydrogens (tertiary/aromatic N) is 2. The van der Waals surface area contributed by atoms with Crippen molar-refractivity contribution < 1.29 is 9.53 Å². The quantitative estimate of drug-likeness (QED) is 0.767. The lowest BCUT2D eigenvalue weighted by molar-refractivity contribution is 0.0538. The number of hydrogen-bond donors (Lipinski definition) is 0. The molecule has 2 aromatic rings. The summed E-state index contributed by atoms with van der Waals surface area (Å²) in [5.41, 5.74) is 0.409. The van der Waals surface area contributed by atoms with Crippen LogP contribution in [0.25, 0.3) is 0 Å². The summed E-state index contributed by atoms with van der Waals surface area (Å²) in [5, 5.41) is 1.33. The van der Waals surface area contributed by atoms with Crippen LogP contribution >= 0.6 is 34.8 Å². The van der Waals surface area contributed by atoms with Crippen molar-refractivity contribution in [1.82, 2.24) is 9.88 Å². The summed E-state index contributed by atoms with van der Waals surface area (Å²) in [6.07, 6.45) is 4.73. The van der Waals surface area contributed by atoms with Crippen LogP contribution in [0.3, 0.4) is 0 Å². The molecule has 24 heavy (non-hydrogen) atoms. The summed E-state index contributed by atoms with van der Waals surface area (Å²) in [7, 11) is 0. The highest BCUT2D eigenvalue weighted by atomic mass is 35.5. The van der Waals surface area contributed by atoms with E-state index in [-0.39, 0.29) is 12.0 Å². The number of halogens is 3. The van der Waals surface area contributed by atoms with Crippen LogP contribution in [0.5, 0.6) is 5.75 Å². The van der Waals surface area contributed by atoms with Crippen molar-refractivity contribution in [3.63, 3.8) is 0 Å². The van der Waals surface area contributed by atoms with Crippen molar-refractivity contribution in [3.8, 4) is 5.75 Å². The van der Waals surface area contributed by atoms with Crippen LogP contribution in [0.15, 0.2) is 36.7 Å². The highest BCUT2D eigenvalue weighted by molar-refractivity contribution is 6.35. The largest absolute Gasteiger partial charge is 0.487 e. The number of amides is 1. The van der Waals surface area contributed by atoms with Gasteiger partial charge >= 0.3 is 0 Å². The van der Waals surface area contributed by atoms with Crippen LogP contribution < -0.4 is 4.74 Å². The van der Waals surface area contributed by atoms with Crippen molar-refractivity contribution in [1.29, 1.82) is 0 Å². The number of hydrogen-bond acceptors (Lipinski definition) is 3. The van der Waals surface area contributed by atoms with Gasteiger partial charge in [0.05, 0.1) is 17.1 Å². The molecular formula is C17H15Cl3N2O2. The lowest BCUT2D eigenvalue weighted by atomic mass is 10.1. The molecule has 3 rings (SSSR count). The smallest absolute Gasteiger partial charge is 0.255 e. The van der Waals surface area contributed by atoms with Crippen LogP contribution in [-0.2, 0) is 0 Å². The van der Waals surface area contributed by atoms with Crippen molar-refractivity contribution >= 4 is 40.7 Å². The van der Waals surface area contributed by atoms with E-state index in [1.165, 1.54) is 6.20 Å². The Balaban J connectivity index is 1.72. The lowest BCUT2D eigenvalue weighted by Crippen LogP contribution is -2.44. The molecule has 1 saturated heterocycles. The third kappa shape index (κ3) is 3.94. The van der Waals surface area contributed by atoms with Gasteiger partial charge in [0, 0.05) is 30.0 Å². The van der Waals surface area contributed by atoms with Gasteiger partial charge in [0.25, 0.3) is 5.91 Å². The highest BCUT2D eigenvalue weighted by Crippen LogP contribution is 2.27. The van der Waals surface area contributed by atoms with Gasteiger partial charge < -0.3 is 9.64 Å². The van der Waals surface area contributed by atoms with E-state index in [9.17, 15) is 4.79 Å². The first-order chi connectivity index (χ1) is 11.5. The first-order valence-electron chi connectivity index (χ1n) is 7.55. The fraction of sp³-hybridized carbons (Fsp3) is 0.294. The van der Waals surface area contributed by atoms with E-state index in [0.29, 0.717) is 39.5 Å². The molecule has 1 aliphatic rings. The van der Waals surface area contributed by atoms with Crippen molar-refractivity contribution in [2.75, 3.05) is 13.1 Å². The van der Waals surface area contributed by atoms with Gasteiger partial charge in [-0.15, -0.1) is 0 Å². The molecule has 1 aromatic heterocycles. The van der Waals surface area contributed by atoms with E-state index in [1.54, 1.807) is 35.4 Å². The van der Waals surface area contributed by atoms with Gasteiger partial charge in [-0.25, -0.2) is 0 Å². The van der Waals surface area contributed by atoms with Gasteiger partial charge in [-0.3, -0.25) is 9.78 Å². The molecule has 0 aliphatic carbocycles. The zero-order valence-corrected chi connectivity index (χ0v) is 15.0. The van der Waals surface area contributed by atoms with E-state index < -0.39 is 0 Å². The molecule has 0 saturated carbocycles. The SMILES string of the molecule is O=C(c1cc(Cl)ccc1Cl)N1CCCC(Oc2ccncc2Cl)C1.